The first-order chi connectivity index (χ1) is 17.8. The molecule has 220 valence electrons. The molecule has 0 bridgehead atoms. The zero-order valence-electron chi connectivity index (χ0n) is 26.1. The van der Waals surface area contributed by atoms with E-state index >= 15 is 0 Å². The smallest absolute Gasteiger partial charge is 0.113 e. The Labute approximate surface area is 232 Å². The van der Waals surface area contributed by atoms with Crippen LogP contribution in [0.1, 0.15) is 183 Å². The topological polar surface area (TPSA) is 34.3 Å². The van der Waals surface area contributed by atoms with E-state index in [1.54, 1.807) is 0 Å². The molecule has 2 rings (SSSR count). The summed E-state index contributed by atoms with van der Waals surface area (Å²) >= 11 is 0. The lowest BCUT2D eigenvalue weighted by Gasteiger charge is -2.24. The summed E-state index contributed by atoms with van der Waals surface area (Å²) in [4.78, 5) is 0. The van der Waals surface area contributed by atoms with Gasteiger partial charge in [-0.3, -0.25) is 0 Å². The molecule has 3 heteroatoms. The highest BCUT2D eigenvalue weighted by molar-refractivity contribution is 5.03. The Kier molecular flexibility index (Phi) is 16.3. The quantitative estimate of drug-likeness (QED) is 0.0836. The normalized spacial score (nSPS) is 23.2. The SMILES string of the molecule is CCCCCCCCCCCCC(OC(CCCCCCCCCCCC)C1OC1(C)C)C1OC1(C)C. The zero-order valence-corrected chi connectivity index (χ0v) is 26.1. The van der Waals surface area contributed by atoms with Crippen LogP contribution >= 0.6 is 0 Å². The van der Waals surface area contributed by atoms with Crippen LogP contribution in [0.2, 0.25) is 0 Å². The second kappa shape index (κ2) is 18.3. The number of epoxide rings is 2. The van der Waals surface area contributed by atoms with E-state index in [1.165, 1.54) is 128 Å². The third-order valence-corrected chi connectivity index (χ3v) is 8.83. The molecule has 4 unspecified atom stereocenters. The minimum Gasteiger partial charge on any atom is -0.369 e. The van der Waals surface area contributed by atoms with Crippen molar-refractivity contribution in [2.75, 3.05) is 0 Å². The third-order valence-electron chi connectivity index (χ3n) is 8.83. The van der Waals surface area contributed by atoms with E-state index in [2.05, 4.69) is 41.5 Å². The number of unbranched alkanes of at least 4 members (excludes halogenated alkanes) is 18. The first kappa shape index (κ1) is 33.1. The predicted molar refractivity (Wildman–Crippen MR) is 159 cm³/mol. The molecule has 0 aliphatic carbocycles. The molecule has 2 heterocycles. The number of rotatable bonds is 26. The van der Waals surface area contributed by atoms with Crippen molar-refractivity contribution >= 4 is 0 Å². The van der Waals surface area contributed by atoms with Gasteiger partial charge in [0, 0.05) is 0 Å². The Balaban J connectivity index is 1.66. The van der Waals surface area contributed by atoms with Crippen LogP contribution in [0.5, 0.6) is 0 Å². The first-order valence-corrected chi connectivity index (χ1v) is 16.8. The van der Waals surface area contributed by atoms with E-state index in [1.807, 2.05) is 0 Å². The minimum absolute atomic E-state index is 0.0231. The Morgan fingerprint density at radius 2 is 0.703 bits per heavy atom. The van der Waals surface area contributed by atoms with E-state index in [-0.39, 0.29) is 35.6 Å². The molecule has 0 aromatic rings. The largest absolute Gasteiger partial charge is 0.369 e. The summed E-state index contributed by atoms with van der Waals surface area (Å²) in [5.41, 5.74) is -0.0461. The maximum absolute atomic E-state index is 6.88. The summed E-state index contributed by atoms with van der Waals surface area (Å²) in [7, 11) is 0. The maximum Gasteiger partial charge on any atom is 0.113 e. The van der Waals surface area contributed by atoms with E-state index in [4.69, 9.17) is 14.2 Å². The molecule has 4 atom stereocenters. The molecule has 2 aliphatic rings. The van der Waals surface area contributed by atoms with Crippen molar-refractivity contribution in [3.63, 3.8) is 0 Å². The van der Waals surface area contributed by atoms with Crippen molar-refractivity contribution in [1.29, 1.82) is 0 Å². The molecular formula is C34H66O3. The molecule has 0 amide bonds. The highest BCUT2D eigenvalue weighted by atomic mass is 16.7. The lowest BCUT2D eigenvalue weighted by molar-refractivity contribution is -0.0473. The summed E-state index contributed by atoms with van der Waals surface area (Å²) in [6.45, 7) is 13.5. The summed E-state index contributed by atoms with van der Waals surface area (Å²) < 4.78 is 19.1. The molecule has 0 radical (unpaired) electrons. The summed E-state index contributed by atoms with van der Waals surface area (Å²) in [6, 6.07) is 0. The lowest BCUT2D eigenvalue weighted by atomic mass is 9.97. The van der Waals surface area contributed by atoms with E-state index in [0.29, 0.717) is 0 Å². The fourth-order valence-corrected chi connectivity index (χ4v) is 6.11. The first-order valence-electron chi connectivity index (χ1n) is 16.8. The molecule has 2 fully saturated rings. The van der Waals surface area contributed by atoms with Gasteiger partial charge in [-0.05, 0) is 40.5 Å². The van der Waals surface area contributed by atoms with Crippen LogP contribution < -0.4 is 0 Å². The van der Waals surface area contributed by atoms with Crippen LogP contribution in [0, 0.1) is 0 Å². The van der Waals surface area contributed by atoms with Crippen molar-refractivity contribution in [2.45, 2.75) is 218 Å². The van der Waals surface area contributed by atoms with E-state index < -0.39 is 0 Å². The average Bonchev–Trinajstić information content (AvgIpc) is 3.71. The molecule has 2 aliphatic heterocycles. The molecule has 2 saturated heterocycles. The highest BCUT2D eigenvalue weighted by Crippen LogP contribution is 2.45. The van der Waals surface area contributed by atoms with Crippen molar-refractivity contribution in [3.05, 3.63) is 0 Å². The van der Waals surface area contributed by atoms with Gasteiger partial charge in [-0.15, -0.1) is 0 Å². The second-order valence-electron chi connectivity index (χ2n) is 13.4. The van der Waals surface area contributed by atoms with Gasteiger partial charge in [-0.2, -0.15) is 0 Å². The van der Waals surface area contributed by atoms with Gasteiger partial charge in [0.25, 0.3) is 0 Å². The van der Waals surface area contributed by atoms with Crippen LogP contribution in [0.3, 0.4) is 0 Å². The van der Waals surface area contributed by atoms with Crippen LogP contribution in [-0.4, -0.2) is 35.6 Å². The van der Waals surface area contributed by atoms with Gasteiger partial charge in [0.1, 0.15) is 12.2 Å². The van der Waals surface area contributed by atoms with Crippen LogP contribution in [0.15, 0.2) is 0 Å². The van der Waals surface area contributed by atoms with Crippen LogP contribution in [0.4, 0.5) is 0 Å². The number of hydrogen-bond acceptors (Lipinski definition) is 3. The highest BCUT2D eigenvalue weighted by Gasteiger charge is 2.57. The van der Waals surface area contributed by atoms with Crippen molar-refractivity contribution in [2.24, 2.45) is 0 Å². The fourth-order valence-electron chi connectivity index (χ4n) is 6.11. The monoisotopic (exact) mass is 523 g/mol. The zero-order chi connectivity index (χ0) is 27.0. The van der Waals surface area contributed by atoms with Gasteiger partial charge < -0.3 is 14.2 Å². The Bertz CT molecular complexity index is 509. The fraction of sp³-hybridized carbons (Fsp3) is 1.00. The predicted octanol–water partition coefficient (Wildman–Crippen LogP) is 10.7. The van der Waals surface area contributed by atoms with Crippen molar-refractivity contribution < 1.29 is 14.2 Å². The standard InChI is InChI=1S/C34H66O3/c1-7-9-11-13-15-17-19-21-23-25-27-29(31-33(3,4)36-31)35-30(32-34(5,6)37-32)28-26-24-22-20-18-16-14-12-10-8-2/h29-32H,7-28H2,1-6H3. The maximum atomic E-state index is 6.88. The van der Waals surface area contributed by atoms with Gasteiger partial charge in [0.15, 0.2) is 0 Å². The van der Waals surface area contributed by atoms with Crippen molar-refractivity contribution in [3.8, 4) is 0 Å². The van der Waals surface area contributed by atoms with E-state index in [0.717, 1.165) is 12.8 Å². The van der Waals surface area contributed by atoms with Gasteiger partial charge in [0.05, 0.1) is 23.4 Å². The molecule has 0 saturated carbocycles. The van der Waals surface area contributed by atoms with Gasteiger partial charge in [-0.1, -0.05) is 142 Å². The minimum atomic E-state index is -0.0231. The second-order valence-corrected chi connectivity index (χ2v) is 13.4. The molecule has 0 spiro atoms. The molecular weight excluding hydrogens is 456 g/mol. The summed E-state index contributed by atoms with van der Waals surface area (Å²) in [5.74, 6) is 0. The lowest BCUT2D eigenvalue weighted by Crippen LogP contribution is -2.34. The number of hydrogen-bond donors (Lipinski definition) is 0. The Morgan fingerprint density at radius 3 is 0.946 bits per heavy atom. The summed E-state index contributed by atoms with van der Waals surface area (Å²) in [5, 5.41) is 0. The molecule has 0 aromatic carbocycles. The van der Waals surface area contributed by atoms with Crippen LogP contribution in [-0.2, 0) is 14.2 Å². The van der Waals surface area contributed by atoms with Gasteiger partial charge in [-0.25, -0.2) is 0 Å². The number of ether oxygens (including phenoxy) is 3. The Hall–Kier alpha value is -0.120. The van der Waals surface area contributed by atoms with Gasteiger partial charge in [0.2, 0.25) is 0 Å². The van der Waals surface area contributed by atoms with Crippen LogP contribution in [0.25, 0.3) is 0 Å². The molecule has 37 heavy (non-hydrogen) atoms. The van der Waals surface area contributed by atoms with Crippen molar-refractivity contribution in [1.82, 2.24) is 0 Å². The summed E-state index contributed by atoms with van der Waals surface area (Å²) in [6.07, 6.45) is 30.8. The molecule has 3 nitrogen and oxygen atoms in total. The van der Waals surface area contributed by atoms with Gasteiger partial charge >= 0.3 is 0 Å². The molecule has 0 N–H and O–H groups in total. The average molecular weight is 523 g/mol. The van der Waals surface area contributed by atoms with E-state index in [9.17, 15) is 0 Å². The third kappa shape index (κ3) is 14.2. The molecule has 0 aromatic heterocycles. The Morgan fingerprint density at radius 1 is 0.459 bits per heavy atom.